The van der Waals surface area contributed by atoms with Crippen molar-refractivity contribution < 1.29 is 34.2 Å². The Morgan fingerprint density at radius 3 is 2.00 bits per heavy atom. The average molecular weight is 522 g/mol. The first-order valence-corrected chi connectivity index (χ1v) is 12.3. The van der Waals surface area contributed by atoms with Gasteiger partial charge in [0, 0.05) is 12.8 Å². The molecule has 0 aromatic heterocycles. The van der Waals surface area contributed by atoms with Crippen molar-refractivity contribution in [2.45, 2.75) is 76.5 Å². The van der Waals surface area contributed by atoms with Crippen LogP contribution < -0.4 is 27.4 Å². The number of carbonyl (C=O) groups excluding carboxylic acids is 3. The second kappa shape index (κ2) is 16.3. The minimum atomic E-state index is -1.19. The fourth-order valence-corrected chi connectivity index (χ4v) is 3.55. The molecular weight excluding hydrogens is 482 g/mol. The van der Waals surface area contributed by atoms with Crippen LogP contribution in [-0.2, 0) is 30.4 Å². The standard InChI is InChI=1S/C25H39N5O7/c1-15(2)21(24(35)28-18(25(36)37)10-6-7-13-26)30-23(34)19(14-16-8-4-3-5-9-16)29-22(33)17(27)11-12-20(31)32/h3-5,8-9,15,17-19,21H,6-7,10-14,26-27H2,1-2H3,(H,28,35)(H,29,33)(H,30,34)(H,31,32)(H,36,37). The van der Waals surface area contributed by atoms with E-state index in [0.29, 0.717) is 19.4 Å². The number of hydrogen-bond donors (Lipinski definition) is 7. The summed E-state index contributed by atoms with van der Waals surface area (Å²) in [5.41, 5.74) is 12.0. The molecule has 9 N–H and O–H groups in total. The molecule has 0 radical (unpaired) electrons. The van der Waals surface area contributed by atoms with Crippen LogP contribution in [0.4, 0.5) is 0 Å². The highest BCUT2D eigenvalue weighted by Crippen LogP contribution is 2.09. The van der Waals surface area contributed by atoms with Crippen molar-refractivity contribution in [3.05, 3.63) is 35.9 Å². The van der Waals surface area contributed by atoms with Crippen molar-refractivity contribution in [1.29, 1.82) is 0 Å². The summed E-state index contributed by atoms with van der Waals surface area (Å²) in [4.78, 5) is 61.2. The summed E-state index contributed by atoms with van der Waals surface area (Å²) in [5, 5.41) is 26.0. The minimum Gasteiger partial charge on any atom is -0.481 e. The molecule has 0 aliphatic heterocycles. The van der Waals surface area contributed by atoms with Crippen molar-refractivity contribution >= 4 is 29.7 Å². The van der Waals surface area contributed by atoms with Gasteiger partial charge >= 0.3 is 11.9 Å². The number of rotatable bonds is 17. The zero-order valence-corrected chi connectivity index (χ0v) is 21.3. The van der Waals surface area contributed by atoms with Gasteiger partial charge in [0.05, 0.1) is 6.04 Å². The average Bonchev–Trinajstić information content (AvgIpc) is 2.84. The van der Waals surface area contributed by atoms with Gasteiger partial charge in [-0.25, -0.2) is 4.79 Å². The highest BCUT2D eigenvalue weighted by atomic mass is 16.4. The highest BCUT2D eigenvalue weighted by Gasteiger charge is 2.32. The zero-order valence-electron chi connectivity index (χ0n) is 21.3. The normalized spacial score (nSPS) is 14.2. The maximum absolute atomic E-state index is 13.3. The van der Waals surface area contributed by atoms with Crippen LogP contribution in [0.15, 0.2) is 30.3 Å². The molecule has 12 nitrogen and oxygen atoms in total. The number of nitrogens with one attached hydrogen (secondary N) is 3. The molecule has 37 heavy (non-hydrogen) atoms. The summed E-state index contributed by atoms with van der Waals surface area (Å²) in [6, 6.07) is 4.41. The molecule has 1 rings (SSSR count). The topological polar surface area (TPSA) is 214 Å². The van der Waals surface area contributed by atoms with Gasteiger partial charge in [0.1, 0.15) is 18.1 Å². The van der Waals surface area contributed by atoms with Crippen LogP contribution in [0, 0.1) is 5.92 Å². The summed E-state index contributed by atoms with van der Waals surface area (Å²) in [7, 11) is 0. The smallest absolute Gasteiger partial charge is 0.326 e. The van der Waals surface area contributed by atoms with Gasteiger partial charge in [-0.2, -0.15) is 0 Å². The molecule has 0 spiro atoms. The van der Waals surface area contributed by atoms with Crippen LogP contribution in [0.25, 0.3) is 0 Å². The van der Waals surface area contributed by atoms with Crippen LogP contribution in [-0.4, -0.2) is 70.6 Å². The number of aliphatic carboxylic acids is 2. The molecule has 12 heteroatoms. The minimum absolute atomic E-state index is 0.0906. The summed E-state index contributed by atoms with van der Waals surface area (Å²) >= 11 is 0. The number of amides is 3. The first-order chi connectivity index (χ1) is 17.5. The summed E-state index contributed by atoms with van der Waals surface area (Å²) in [6.07, 6.45) is 0.985. The molecule has 0 fully saturated rings. The Kier molecular flexibility index (Phi) is 13.9. The van der Waals surface area contributed by atoms with E-state index in [0.717, 1.165) is 5.56 Å². The lowest BCUT2D eigenvalue weighted by atomic mass is 10.00. The predicted octanol–water partition coefficient (Wildman–Crippen LogP) is -0.255. The third kappa shape index (κ3) is 11.8. The monoisotopic (exact) mass is 521 g/mol. The summed E-state index contributed by atoms with van der Waals surface area (Å²) < 4.78 is 0. The molecular formula is C25H39N5O7. The van der Waals surface area contributed by atoms with Crippen molar-refractivity contribution in [2.24, 2.45) is 17.4 Å². The highest BCUT2D eigenvalue weighted by molar-refractivity contribution is 5.94. The molecule has 1 aromatic rings. The molecule has 0 saturated heterocycles. The number of hydrogen-bond acceptors (Lipinski definition) is 7. The summed E-state index contributed by atoms with van der Waals surface area (Å²) in [5.74, 6) is -4.71. The van der Waals surface area contributed by atoms with Gasteiger partial charge in [-0.05, 0) is 43.7 Å². The van der Waals surface area contributed by atoms with E-state index < -0.39 is 59.7 Å². The van der Waals surface area contributed by atoms with Crippen LogP contribution in [0.1, 0.15) is 51.5 Å². The fraction of sp³-hybridized carbons (Fsp3) is 0.560. The van der Waals surface area contributed by atoms with Gasteiger partial charge in [-0.15, -0.1) is 0 Å². The number of carboxylic acid groups (broad SMARTS) is 2. The number of nitrogens with two attached hydrogens (primary N) is 2. The lowest BCUT2D eigenvalue weighted by Crippen LogP contribution is -2.58. The largest absolute Gasteiger partial charge is 0.481 e. The maximum Gasteiger partial charge on any atom is 0.326 e. The van der Waals surface area contributed by atoms with Crippen LogP contribution in [0.3, 0.4) is 0 Å². The molecule has 4 unspecified atom stereocenters. The molecule has 1 aromatic carbocycles. The SMILES string of the molecule is CC(C)C(NC(=O)C(Cc1ccccc1)NC(=O)C(N)CCC(=O)O)C(=O)NC(CCCCN)C(=O)O. The third-order valence-electron chi connectivity index (χ3n) is 5.73. The van der Waals surface area contributed by atoms with Gasteiger partial charge < -0.3 is 37.6 Å². The lowest BCUT2D eigenvalue weighted by molar-refractivity contribution is -0.143. The molecule has 0 aliphatic carbocycles. The third-order valence-corrected chi connectivity index (χ3v) is 5.73. The number of benzene rings is 1. The molecule has 0 saturated carbocycles. The molecule has 0 bridgehead atoms. The van der Waals surface area contributed by atoms with Gasteiger partial charge in [-0.1, -0.05) is 44.2 Å². The van der Waals surface area contributed by atoms with E-state index in [9.17, 15) is 29.1 Å². The molecule has 0 aliphatic rings. The molecule has 0 heterocycles. The number of carboxylic acids is 2. The maximum atomic E-state index is 13.3. The molecule has 206 valence electrons. The quantitative estimate of drug-likeness (QED) is 0.134. The van der Waals surface area contributed by atoms with E-state index in [-0.39, 0.29) is 25.7 Å². The van der Waals surface area contributed by atoms with E-state index in [4.69, 9.17) is 16.6 Å². The molecule has 4 atom stereocenters. The Morgan fingerprint density at radius 1 is 0.838 bits per heavy atom. The van der Waals surface area contributed by atoms with Crippen molar-refractivity contribution in [3.63, 3.8) is 0 Å². The van der Waals surface area contributed by atoms with Gasteiger partial charge in [0.25, 0.3) is 0 Å². The first-order valence-electron chi connectivity index (χ1n) is 12.3. The Morgan fingerprint density at radius 2 is 1.46 bits per heavy atom. The zero-order chi connectivity index (χ0) is 28.0. The predicted molar refractivity (Wildman–Crippen MR) is 136 cm³/mol. The Hall–Kier alpha value is -3.51. The van der Waals surface area contributed by atoms with E-state index in [1.165, 1.54) is 0 Å². The van der Waals surface area contributed by atoms with Crippen molar-refractivity contribution in [3.8, 4) is 0 Å². The summed E-state index contributed by atoms with van der Waals surface area (Å²) in [6.45, 7) is 3.79. The number of unbranched alkanes of at least 4 members (excludes halogenated alkanes) is 1. The van der Waals surface area contributed by atoms with Gasteiger partial charge in [0.15, 0.2) is 0 Å². The van der Waals surface area contributed by atoms with Crippen LogP contribution >= 0.6 is 0 Å². The van der Waals surface area contributed by atoms with E-state index in [1.54, 1.807) is 44.2 Å². The van der Waals surface area contributed by atoms with E-state index >= 15 is 0 Å². The lowest BCUT2D eigenvalue weighted by Gasteiger charge is -2.27. The van der Waals surface area contributed by atoms with Gasteiger partial charge in [0.2, 0.25) is 17.7 Å². The van der Waals surface area contributed by atoms with Gasteiger partial charge in [-0.3, -0.25) is 19.2 Å². The Labute approximate surface area is 216 Å². The Balaban J connectivity index is 3.02. The molecule has 3 amide bonds. The first kappa shape index (κ1) is 31.5. The van der Waals surface area contributed by atoms with Crippen molar-refractivity contribution in [2.75, 3.05) is 6.54 Å². The second-order valence-corrected chi connectivity index (χ2v) is 9.20. The fourth-order valence-electron chi connectivity index (χ4n) is 3.55. The van der Waals surface area contributed by atoms with Crippen molar-refractivity contribution in [1.82, 2.24) is 16.0 Å². The van der Waals surface area contributed by atoms with Crippen LogP contribution in [0.2, 0.25) is 0 Å². The Bertz CT molecular complexity index is 910. The van der Waals surface area contributed by atoms with E-state index in [2.05, 4.69) is 16.0 Å². The second-order valence-electron chi connectivity index (χ2n) is 9.20. The van der Waals surface area contributed by atoms with E-state index in [1.807, 2.05) is 0 Å². The number of carbonyl (C=O) groups is 5. The van der Waals surface area contributed by atoms with Crippen LogP contribution in [0.5, 0.6) is 0 Å².